The molecule has 0 atom stereocenters. The highest BCUT2D eigenvalue weighted by Gasteiger charge is 2.27. The molecule has 206 valence electrons. The molecule has 1 fully saturated rings. The van der Waals surface area contributed by atoms with Crippen molar-refractivity contribution in [2.24, 2.45) is 7.05 Å². The number of rotatable bonds is 6. The molecule has 0 unspecified atom stereocenters. The number of halogens is 1. The first-order valence-corrected chi connectivity index (χ1v) is 13.2. The standard InChI is InChI=1S/C29H35FN6O3/c1-29(2,3)22-11-9-20(10-12-22)17-33-13-15-34(16-14-33)27-31-25-24(26(38)36(19-37)28(39)32(25)4)35(27)18-21-7-5-6-8-23(21)30/h5-12,37H,13-19H2,1-4H3. The van der Waals surface area contributed by atoms with Crippen molar-refractivity contribution in [3.8, 4) is 0 Å². The summed E-state index contributed by atoms with van der Waals surface area (Å²) in [7, 11) is 1.52. The number of imidazole rings is 1. The van der Waals surface area contributed by atoms with Gasteiger partial charge in [0.2, 0.25) is 5.95 Å². The van der Waals surface area contributed by atoms with E-state index in [1.165, 1.54) is 28.8 Å². The molecule has 2 aromatic heterocycles. The lowest BCUT2D eigenvalue weighted by Gasteiger charge is -2.35. The molecule has 10 heteroatoms. The molecule has 0 spiro atoms. The maximum absolute atomic E-state index is 14.7. The number of fused-ring (bicyclic) bond motifs is 1. The molecule has 1 aliphatic heterocycles. The molecule has 1 N–H and O–H groups in total. The summed E-state index contributed by atoms with van der Waals surface area (Å²) in [5.74, 6) is 0.116. The summed E-state index contributed by atoms with van der Waals surface area (Å²) < 4.78 is 18.3. The van der Waals surface area contributed by atoms with Crippen LogP contribution >= 0.6 is 0 Å². The van der Waals surface area contributed by atoms with Crippen molar-refractivity contribution in [3.63, 3.8) is 0 Å². The van der Waals surface area contributed by atoms with E-state index < -0.39 is 18.0 Å². The van der Waals surface area contributed by atoms with Crippen LogP contribution in [0.5, 0.6) is 0 Å². The number of piperazine rings is 1. The predicted molar refractivity (Wildman–Crippen MR) is 150 cm³/mol. The Labute approximate surface area is 226 Å². The van der Waals surface area contributed by atoms with Crippen molar-refractivity contribution < 1.29 is 9.50 Å². The summed E-state index contributed by atoms with van der Waals surface area (Å²) in [6, 6.07) is 15.2. The Morgan fingerprint density at radius 3 is 2.21 bits per heavy atom. The molecule has 0 amide bonds. The van der Waals surface area contributed by atoms with Crippen LogP contribution in [-0.2, 0) is 32.3 Å². The topological polar surface area (TPSA) is 88.5 Å². The number of anilines is 1. The molecule has 5 rings (SSSR count). The van der Waals surface area contributed by atoms with E-state index in [1.807, 2.05) is 0 Å². The summed E-state index contributed by atoms with van der Waals surface area (Å²) >= 11 is 0. The summed E-state index contributed by atoms with van der Waals surface area (Å²) in [4.78, 5) is 35.1. The highest BCUT2D eigenvalue weighted by Crippen LogP contribution is 2.25. The summed E-state index contributed by atoms with van der Waals surface area (Å²) in [5.41, 5.74) is 2.14. The van der Waals surface area contributed by atoms with Crippen LogP contribution in [0.2, 0.25) is 0 Å². The Balaban J connectivity index is 1.45. The number of aliphatic hydroxyl groups is 1. The van der Waals surface area contributed by atoms with Crippen molar-refractivity contribution in [2.45, 2.75) is 46.0 Å². The molecular weight excluding hydrogens is 499 g/mol. The lowest BCUT2D eigenvalue weighted by molar-refractivity contribution is 0.199. The number of benzene rings is 2. The molecule has 1 saturated heterocycles. The Kier molecular flexibility index (Phi) is 7.17. The van der Waals surface area contributed by atoms with Crippen molar-refractivity contribution >= 4 is 17.1 Å². The fraction of sp³-hybridized carbons (Fsp3) is 0.414. The van der Waals surface area contributed by atoms with E-state index in [2.05, 4.69) is 54.8 Å². The molecule has 3 heterocycles. The molecule has 0 aliphatic carbocycles. The minimum absolute atomic E-state index is 0.0672. The van der Waals surface area contributed by atoms with Gasteiger partial charge in [-0.3, -0.25) is 18.8 Å². The summed E-state index contributed by atoms with van der Waals surface area (Å²) in [6.45, 7) is 9.64. The SMILES string of the molecule is Cn1c(=O)n(CO)c(=O)c2c1nc(N1CCN(Cc3ccc(C(C)(C)C)cc3)CC1)n2Cc1ccccc1F. The number of nitrogens with zero attached hydrogens (tertiary/aromatic N) is 6. The van der Waals surface area contributed by atoms with Gasteiger partial charge in [-0.1, -0.05) is 63.2 Å². The number of aryl methyl sites for hydroxylation is 1. The third-order valence-electron chi connectivity index (χ3n) is 7.52. The second kappa shape index (κ2) is 10.4. The zero-order valence-corrected chi connectivity index (χ0v) is 22.9. The first kappa shape index (κ1) is 26.8. The van der Waals surface area contributed by atoms with Crippen LogP contribution in [-0.4, -0.2) is 54.9 Å². The predicted octanol–water partition coefficient (Wildman–Crippen LogP) is 2.65. The van der Waals surface area contributed by atoms with Crippen LogP contribution in [0.1, 0.15) is 37.5 Å². The average Bonchev–Trinajstić information content (AvgIpc) is 3.29. The first-order chi connectivity index (χ1) is 18.6. The smallest absolute Gasteiger partial charge is 0.334 e. The Bertz CT molecular complexity index is 1610. The van der Waals surface area contributed by atoms with E-state index in [1.54, 1.807) is 22.8 Å². The highest BCUT2D eigenvalue weighted by molar-refractivity contribution is 5.75. The van der Waals surface area contributed by atoms with Crippen LogP contribution in [0.25, 0.3) is 11.2 Å². The van der Waals surface area contributed by atoms with E-state index in [4.69, 9.17) is 4.98 Å². The molecule has 4 aromatic rings. The number of hydrogen-bond donors (Lipinski definition) is 1. The zero-order chi connectivity index (χ0) is 27.9. The summed E-state index contributed by atoms with van der Waals surface area (Å²) in [6.07, 6.45) is 0. The van der Waals surface area contributed by atoms with Gasteiger partial charge in [0.15, 0.2) is 11.2 Å². The van der Waals surface area contributed by atoms with Crippen molar-refractivity contribution in [1.29, 1.82) is 0 Å². The minimum atomic E-state index is -0.753. The number of aliphatic hydroxyl groups excluding tert-OH is 1. The largest absolute Gasteiger partial charge is 0.376 e. The molecule has 9 nitrogen and oxygen atoms in total. The van der Waals surface area contributed by atoms with Gasteiger partial charge in [-0.15, -0.1) is 0 Å². The Morgan fingerprint density at radius 1 is 0.923 bits per heavy atom. The van der Waals surface area contributed by atoms with Crippen LogP contribution in [0.4, 0.5) is 10.3 Å². The number of aromatic nitrogens is 4. The van der Waals surface area contributed by atoms with Crippen molar-refractivity contribution in [1.82, 2.24) is 23.6 Å². The zero-order valence-electron chi connectivity index (χ0n) is 22.9. The normalized spacial score (nSPS) is 14.9. The Morgan fingerprint density at radius 2 is 1.59 bits per heavy atom. The molecular formula is C29H35FN6O3. The lowest BCUT2D eigenvalue weighted by Crippen LogP contribution is -2.47. The van der Waals surface area contributed by atoms with Crippen molar-refractivity contribution in [3.05, 3.63) is 91.9 Å². The summed E-state index contributed by atoms with van der Waals surface area (Å²) in [5, 5.41) is 9.71. The van der Waals surface area contributed by atoms with Gasteiger partial charge >= 0.3 is 5.69 Å². The molecule has 0 radical (unpaired) electrons. The first-order valence-electron chi connectivity index (χ1n) is 13.2. The fourth-order valence-electron chi connectivity index (χ4n) is 5.15. The van der Waals surface area contributed by atoms with Crippen molar-refractivity contribution in [2.75, 3.05) is 31.1 Å². The van der Waals surface area contributed by atoms with E-state index in [9.17, 15) is 19.1 Å². The van der Waals surface area contributed by atoms with Gasteiger partial charge in [0.1, 0.15) is 12.5 Å². The van der Waals surface area contributed by atoms with Gasteiger partial charge in [0, 0.05) is 45.3 Å². The monoisotopic (exact) mass is 534 g/mol. The van der Waals surface area contributed by atoms with Gasteiger partial charge in [0.25, 0.3) is 5.56 Å². The molecule has 1 aliphatic rings. The van der Waals surface area contributed by atoms with Gasteiger partial charge in [0.05, 0.1) is 6.54 Å². The third kappa shape index (κ3) is 5.14. The maximum atomic E-state index is 14.7. The molecule has 0 saturated carbocycles. The van der Waals surface area contributed by atoms with Gasteiger partial charge in [-0.05, 0) is 22.6 Å². The number of hydrogen-bond acceptors (Lipinski definition) is 6. The molecule has 0 bridgehead atoms. The van der Waals surface area contributed by atoms with Crippen LogP contribution < -0.4 is 16.1 Å². The lowest BCUT2D eigenvalue weighted by atomic mass is 9.87. The van der Waals surface area contributed by atoms with E-state index in [0.717, 1.165) is 24.2 Å². The minimum Gasteiger partial charge on any atom is -0.376 e. The van der Waals surface area contributed by atoms with Gasteiger partial charge in [-0.2, -0.15) is 4.98 Å². The van der Waals surface area contributed by atoms with Crippen LogP contribution in [0.15, 0.2) is 58.1 Å². The molecule has 2 aromatic carbocycles. The fourth-order valence-corrected chi connectivity index (χ4v) is 5.15. The van der Waals surface area contributed by atoms with Crippen LogP contribution in [0, 0.1) is 5.82 Å². The van der Waals surface area contributed by atoms with Gasteiger partial charge in [-0.25, -0.2) is 13.8 Å². The maximum Gasteiger partial charge on any atom is 0.334 e. The van der Waals surface area contributed by atoms with E-state index in [0.29, 0.717) is 24.6 Å². The van der Waals surface area contributed by atoms with E-state index in [-0.39, 0.29) is 28.9 Å². The van der Waals surface area contributed by atoms with Gasteiger partial charge < -0.3 is 10.0 Å². The quantitative estimate of drug-likeness (QED) is 0.409. The average molecular weight is 535 g/mol. The van der Waals surface area contributed by atoms with E-state index >= 15 is 0 Å². The second-order valence-electron chi connectivity index (χ2n) is 11.2. The Hall–Kier alpha value is -3.76. The molecule has 39 heavy (non-hydrogen) atoms. The highest BCUT2D eigenvalue weighted by atomic mass is 19.1. The second-order valence-corrected chi connectivity index (χ2v) is 11.2. The van der Waals surface area contributed by atoms with Crippen LogP contribution in [0.3, 0.4) is 0 Å². The third-order valence-corrected chi connectivity index (χ3v) is 7.52.